The average molecular weight is 389 g/mol. The molecule has 0 aromatic heterocycles. The molecule has 154 valence electrons. The SMILES string of the molecule is CCCN(C(=O)CNC(=O)NCC1CCCC1)C(C)C(=O)Nc1ccccc1. The van der Waals surface area contributed by atoms with Gasteiger partial charge in [-0.05, 0) is 44.2 Å². The topological polar surface area (TPSA) is 90.5 Å². The van der Waals surface area contributed by atoms with Gasteiger partial charge in [-0.15, -0.1) is 0 Å². The minimum Gasteiger partial charge on any atom is -0.338 e. The van der Waals surface area contributed by atoms with Crippen molar-refractivity contribution in [1.82, 2.24) is 15.5 Å². The molecule has 0 heterocycles. The number of hydrogen-bond donors (Lipinski definition) is 3. The number of para-hydroxylation sites is 1. The van der Waals surface area contributed by atoms with E-state index in [9.17, 15) is 14.4 Å². The Kier molecular flexibility index (Phi) is 8.78. The summed E-state index contributed by atoms with van der Waals surface area (Å²) < 4.78 is 0. The van der Waals surface area contributed by atoms with E-state index in [4.69, 9.17) is 0 Å². The first-order valence-corrected chi connectivity index (χ1v) is 10.2. The molecule has 28 heavy (non-hydrogen) atoms. The molecule has 1 aromatic rings. The summed E-state index contributed by atoms with van der Waals surface area (Å²) in [6, 6.07) is 8.18. The summed E-state index contributed by atoms with van der Waals surface area (Å²) in [4.78, 5) is 38.6. The van der Waals surface area contributed by atoms with Crippen LogP contribution < -0.4 is 16.0 Å². The lowest BCUT2D eigenvalue weighted by Gasteiger charge is -2.28. The van der Waals surface area contributed by atoms with Crippen molar-refractivity contribution in [3.8, 4) is 0 Å². The van der Waals surface area contributed by atoms with E-state index in [-0.39, 0.29) is 24.4 Å². The van der Waals surface area contributed by atoms with E-state index in [1.54, 1.807) is 19.1 Å². The van der Waals surface area contributed by atoms with Crippen molar-refractivity contribution < 1.29 is 14.4 Å². The molecular formula is C21H32N4O3. The molecule has 1 aliphatic rings. The number of carbonyl (C=O) groups is 3. The monoisotopic (exact) mass is 388 g/mol. The Labute approximate surface area is 167 Å². The third kappa shape index (κ3) is 6.87. The second-order valence-corrected chi connectivity index (χ2v) is 7.33. The zero-order valence-electron chi connectivity index (χ0n) is 16.9. The van der Waals surface area contributed by atoms with Crippen LogP contribution in [0.15, 0.2) is 30.3 Å². The molecule has 1 saturated carbocycles. The van der Waals surface area contributed by atoms with Crippen LogP contribution in [0.4, 0.5) is 10.5 Å². The molecule has 0 saturated heterocycles. The van der Waals surface area contributed by atoms with Crippen LogP contribution in [0.25, 0.3) is 0 Å². The third-order valence-corrected chi connectivity index (χ3v) is 5.10. The van der Waals surface area contributed by atoms with Gasteiger partial charge in [-0.3, -0.25) is 9.59 Å². The Hall–Kier alpha value is -2.57. The summed E-state index contributed by atoms with van der Waals surface area (Å²) in [5.74, 6) is 0.0204. The molecule has 0 aliphatic heterocycles. The standard InChI is InChI=1S/C21H32N4O3/c1-3-13-25(16(2)20(27)24-18-11-5-4-6-12-18)19(26)15-23-21(28)22-14-17-9-7-8-10-17/h4-6,11-12,16-17H,3,7-10,13-15H2,1-2H3,(H,24,27)(H2,22,23,28). The molecule has 1 aliphatic carbocycles. The minimum absolute atomic E-state index is 0.126. The Bertz CT molecular complexity index is 644. The molecule has 1 atom stereocenters. The highest BCUT2D eigenvalue weighted by atomic mass is 16.2. The first-order valence-electron chi connectivity index (χ1n) is 10.2. The van der Waals surface area contributed by atoms with E-state index in [0.29, 0.717) is 24.7 Å². The smallest absolute Gasteiger partial charge is 0.315 e. The van der Waals surface area contributed by atoms with Crippen LogP contribution in [0.3, 0.4) is 0 Å². The molecule has 0 spiro atoms. The Morgan fingerprint density at radius 2 is 1.79 bits per heavy atom. The number of nitrogens with zero attached hydrogens (tertiary/aromatic N) is 1. The van der Waals surface area contributed by atoms with Crippen LogP contribution in [0.1, 0.15) is 46.0 Å². The summed E-state index contributed by atoms with van der Waals surface area (Å²) in [7, 11) is 0. The highest BCUT2D eigenvalue weighted by Gasteiger charge is 2.25. The van der Waals surface area contributed by atoms with Crippen molar-refractivity contribution in [2.24, 2.45) is 5.92 Å². The van der Waals surface area contributed by atoms with Crippen LogP contribution in [0.2, 0.25) is 0 Å². The Morgan fingerprint density at radius 1 is 1.11 bits per heavy atom. The number of rotatable bonds is 9. The predicted molar refractivity (Wildman–Crippen MR) is 110 cm³/mol. The van der Waals surface area contributed by atoms with Crippen LogP contribution in [-0.2, 0) is 9.59 Å². The van der Waals surface area contributed by atoms with Crippen molar-refractivity contribution in [3.63, 3.8) is 0 Å². The zero-order chi connectivity index (χ0) is 20.4. The lowest BCUT2D eigenvalue weighted by atomic mass is 10.1. The average Bonchev–Trinajstić information content (AvgIpc) is 3.22. The maximum atomic E-state index is 12.6. The summed E-state index contributed by atoms with van der Waals surface area (Å²) in [6.45, 7) is 4.62. The highest BCUT2D eigenvalue weighted by molar-refractivity contribution is 5.97. The second-order valence-electron chi connectivity index (χ2n) is 7.33. The second kappa shape index (κ2) is 11.3. The highest BCUT2D eigenvalue weighted by Crippen LogP contribution is 2.23. The Morgan fingerprint density at radius 3 is 2.43 bits per heavy atom. The summed E-state index contributed by atoms with van der Waals surface area (Å²) in [5, 5.41) is 8.27. The first kappa shape index (κ1) is 21.7. The van der Waals surface area contributed by atoms with Gasteiger partial charge in [0.25, 0.3) is 0 Å². The van der Waals surface area contributed by atoms with Gasteiger partial charge in [-0.1, -0.05) is 38.0 Å². The predicted octanol–water partition coefficient (Wildman–Crippen LogP) is 2.74. The maximum absolute atomic E-state index is 12.6. The van der Waals surface area contributed by atoms with Crippen LogP contribution in [-0.4, -0.2) is 48.4 Å². The largest absolute Gasteiger partial charge is 0.338 e. The van der Waals surface area contributed by atoms with Crippen molar-refractivity contribution >= 4 is 23.5 Å². The summed E-state index contributed by atoms with van der Waals surface area (Å²) >= 11 is 0. The molecule has 1 fully saturated rings. The number of nitrogens with one attached hydrogen (secondary N) is 3. The van der Waals surface area contributed by atoms with Gasteiger partial charge < -0.3 is 20.9 Å². The maximum Gasteiger partial charge on any atom is 0.315 e. The Balaban J connectivity index is 1.82. The van der Waals surface area contributed by atoms with Gasteiger partial charge in [-0.2, -0.15) is 0 Å². The fraction of sp³-hybridized carbons (Fsp3) is 0.571. The molecular weight excluding hydrogens is 356 g/mol. The van der Waals surface area contributed by atoms with E-state index < -0.39 is 6.04 Å². The van der Waals surface area contributed by atoms with E-state index in [1.165, 1.54) is 17.7 Å². The van der Waals surface area contributed by atoms with E-state index in [0.717, 1.165) is 19.3 Å². The molecule has 4 amide bonds. The van der Waals surface area contributed by atoms with Crippen molar-refractivity contribution in [2.45, 2.75) is 52.0 Å². The lowest BCUT2D eigenvalue weighted by Crippen LogP contribution is -2.50. The van der Waals surface area contributed by atoms with Gasteiger partial charge in [0.15, 0.2) is 0 Å². The third-order valence-electron chi connectivity index (χ3n) is 5.10. The molecule has 0 bridgehead atoms. The van der Waals surface area contributed by atoms with Crippen molar-refractivity contribution in [2.75, 3.05) is 25.0 Å². The number of hydrogen-bond acceptors (Lipinski definition) is 3. The van der Waals surface area contributed by atoms with Gasteiger partial charge in [0, 0.05) is 18.8 Å². The van der Waals surface area contributed by atoms with Gasteiger partial charge in [0.1, 0.15) is 6.04 Å². The van der Waals surface area contributed by atoms with Crippen LogP contribution in [0, 0.1) is 5.92 Å². The van der Waals surface area contributed by atoms with Gasteiger partial charge in [-0.25, -0.2) is 4.79 Å². The minimum atomic E-state index is -0.629. The zero-order valence-corrected chi connectivity index (χ0v) is 16.9. The van der Waals surface area contributed by atoms with Gasteiger partial charge >= 0.3 is 6.03 Å². The fourth-order valence-electron chi connectivity index (χ4n) is 3.46. The lowest BCUT2D eigenvalue weighted by molar-refractivity contribution is -0.137. The van der Waals surface area contributed by atoms with Gasteiger partial charge in [0.05, 0.1) is 6.54 Å². The summed E-state index contributed by atoms with van der Waals surface area (Å²) in [6.07, 6.45) is 5.47. The number of amides is 4. The number of anilines is 1. The van der Waals surface area contributed by atoms with Crippen molar-refractivity contribution in [3.05, 3.63) is 30.3 Å². The molecule has 7 nitrogen and oxygen atoms in total. The quantitative estimate of drug-likeness (QED) is 0.607. The molecule has 0 radical (unpaired) electrons. The first-order chi connectivity index (χ1) is 13.5. The summed E-state index contributed by atoms with van der Waals surface area (Å²) in [5.41, 5.74) is 0.688. The molecule has 7 heteroatoms. The number of carbonyl (C=O) groups excluding carboxylic acids is 3. The molecule has 1 unspecified atom stereocenters. The fourth-order valence-corrected chi connectivity index (χ4v) is 3.46. The van der Waals surface area contributed by atoms with Crippen molar-refractivity contribution in [1.29, 1.82) is 0 Å². The number of urea groups is 1. The van der Waals surface area contributed by atoms with E-state index in [2.05, 4.69) is 16.0 Å². The normalized spacial score (nSPS) is 14.9. The molecule has 1 aromatic carbocycles. The molecule has 2 rings (SSSR count). The molecule has 3 N–H and O–H groups in total. The number of benzene rings is 1. The van der Waals surface area contributed by atoms with E-state index >= 15 is 0 Å². The van der Waals surface area contributed by atoms with Crippen LogP contribution >= 0.6 is 0 Å². The van der Waals surface area contributed by atoms with E-state index in [1.807, 2.05) is 25.1 Å². The van der Waals surface area contributed by atoms with Gasteiger partial charge in [0.2, 0.25) is 11.8 Å². The van der Waals surface area contributed by atoms with Crippen LogP contribution in [0.5, 0.6) is 0 Å².